The molecule has 0 saturated carbocycles. The third-order valence-corrected chi connectivity index (χ3v) is 2.36. The van der Waals surface area contributed by atoms with Crippen LogP contribution in [0.3, 0.4) is 0 Å². The zero-order valence-corrected chi connectivity index (χ0v) is 8.54. The summed E-state index contributed by atoms with van der Waals surface area (Å²) in [5.41, 5.74) is 0. The Bertz CT molecular complexity index is 593. The molecular formula is C11H22O6. The molecule has 0 N–H and O–H groups in total. The summed E-state index contributed by atoms with van der Waals surface area (Å²) in [4.78, 5) is 0. The summed E-state index contributed by atoms with van der Waals surface area (Å²) in [5.74, 6) is 0. The Morgan fingerprint density at radius 2 is 1.59 bits per heavy atom. The van der Waals surface area contributed by atoms with Crippen molar-refractivity contribution in [2.75, 3.05) is 41.8 Å². The van der Waals surface area contributed by atoms with Gasteiger partial charge in [-0.25, -0.2) is 0 Å². The Kier molecular flexibility index (Phi) is 1.76. The highest BCUT2D eigenvalue weighted by atomic mass is 16.7. The van der Waals surface area contributed by atoms with E-state index in [9.17, 15) is 0 Å². The SMILES string of the molecule is [2H]C([2H])([2H])OC[C@H]1O[C@H](OC([2H])([2H])[2H])[C@H](OC([2H])([2H])[2H])[C@@H](OC([2H])([2H])[2H])[C@@H]1OC([2H])([2H])[2H]. The third kappa shape index (κ3) is 3.15. The number of rotatable bonds is 6. The van der Waals surface area contributed by atoms with Gasteiger partial charge in [0.05, 0.1) is 27.2 Å². The number of ether oxygens (including phenoxy) is 6. The molecular weight excluding hydrogens is 228 g/mol. The molecule has 17 heavy (non-hydrogen) atoms. The van der Waals surface area contributed by atoms with Crippen LogP contribution in [0.2, 0.25) is 0 Å². The van der Waals surface area contributed by atoms with Gasteiger partial charge in [-0.3, -0.25) is 0 Å². The molecule has 0 aromatic heterocycles. The van der Waals surface area contributed by atoms with Crippen molar-refractivity contribution in [1.82, 2.24) is 0 Å². The maximum atomic E-state index is 7.33. The average Bonchev–Trinajstić information content (AvgIpc) is 2.45. The summed E-state index contributed by atoms with van der Waals surface area (Å²) in [7, 11) is -16.0. The first-order chi connectivity index (χ1) is 14.0. The number of hydrogen-bond acceptors (Lipinski definition) is 6. The van der Waals surface area contributed by atoms with Crippen molar-refractivity contribution < 1.29 is 49.0 Å². The number of methoxy groups -OCH3 is 5. The fraction of sp³-hybridized carbons (Fsp3) is 1.00. The highest BCUT2D eigenvalue weighted by Crippen LogP contribution is 2.27. The molecule has 0 unspecified atom stereocenters. The molecule has 102 valence electrons. The van der Waals surface area contributed by atoms with Gasteiger partial charge in [-0.2, -0.15) is 0 Å². The largest absolute Gasteiger partial charge is 0.382 e. The zero-order valence-electron chi connectivity index (χ0n) is 23.5. The Labute approximate surface area is 123 Å². The van der Waals surface area contributed by atoms with Gasteiger partial charge in [-0.1, -0.05) is 0 Å². The fourth-order valence-electron chi connectivity index (χ4n) is 1.59. The van der Waals surface area contributed by atoms with E-state index in [1.807, 2.05) is 0 Å². The molecule has 0 bridgehead atoms. The van der Waals surface area contributed by atoms with Gasteiger partial charge in [-0.05, 0) is 0 Å². The Hall–Kier alpha value is -0.240. The standard InChI is InChI=1S/C11H22O6/c1-12-6-7-8(13-2)9(14-3)10(15-4)11(16-5)17-7/h7-11H,6H2,1-5H3/t7-,8-,9+,10-,11+/m1/s1/i1D3,2D3,3D3,4D3,5D3. The van der Waals surface area contributed by atoms with Crippen molar-refractivity contribution in [3.63, 3.8) is 0 Å². The van der Waals surface area contributed by atoms with Crippen LogP contribution >= 0.6 is 0 Å². The minimum absolute atomic E-state index is 0.959. The van der Waals surface area contributed by atoms with Crippen LogP contribution in [0.4, 0.5) is 0 Å². The van der Waals surface area contributed by atoms with E-state index in [0.717, 1.165) is 0 Å². The zero-order chi connectivity index (χ0) is 25.3. The molecule has 1 aliphatic rings. The Morgan fingerprint density at radius 1 is 0.882 bits per heavy atom. The highest BCUT2D eigenvalue weighted by Gasteiger charge is 2.47. The number of hydrogen-bond donors (Lipinski definition) is 0. The van der Waals surface area contributed by atoms with E-state index in [1.165, 1.54) is 0 Å². The molecule has 0 aromatic rings. The Morgan fingerprint density at radius 3 is 2.29 bits per heavy atom. The van der Waals surface area contributed by atoms with Crippen LogP contribution in [0.15, 0.2) is 0 Å². The van der Waals surface area contributed by atoms with Crippen LogP contribution in [-0.4, -0.2) is 72.5 Å². The van der Waals surface area contributed by atoms with E-state index in [1.54, 1.807) is 0 Å². The van der Waals surface area contributed by atoms with Crippen LogP contribution < -0.4 is 0 Å². The van der Waals surface area contributed by atoms with Gasteiger partial charge >= 0.3 is 0 Å². The first-order valence-electron chi connectivity index (χ1n) is 12.0. The Balaban J connectivity index is 3.50. The van der Waals surface area contributed by atoms with Gasteiger partial charge in [-0.15, -0.1) is 0 Å². The molecule has 1 heterocycles. The second-order valence-electron chi connectivity index (χ2n) is 3.22. The first kappa shape index (κ1) is 4.13. The summed E-state index contributed by atoms with van der Waals surface area (Å²) in [6, 6.07) is 0. The second-order valence-corrected chi connectivity index (χ2v) is 3.22. The minimum atomic E-state index is -3.28. The van der Waals surface area contributed by atoms with Crippen molar-refractivity contribution in [2.45, 2.75) is 30.7 Å². The smallest absolute Gasteiger partial charge is 0.186 e. The molecule has 5 atom stereocenters. The monoisotopic (exact) mass is 265 g/mol. The van der Waals surface area contributed by atoms with Gasteiger partial charge in [0.1, 0.15) is 24.4 Å². The predicted molar refractivity (Wildman–Crippen MR) is 59.9 cm³/mol. The van der Waals surface area contributed by atoms with E-state index >= 15 is 0 Å². The highest BCUT2D eigenvalue weighted by molar-refractivity contribution is 4.92. The topological polar surface area (TPSA) is 55.4 Å². The molecule has 6 heteroatoms. The minimum Gasteiger partial charge on any atom is -0.382 e. The summed E-state index contributed by atoms with van der Waals surface area (Å²) >= 11 is 0. The molecule has 0 amide bonds. The van der Waals surface area contributed by atoms with Gasteiger partial charge in [0.2, 0.25) is 0 Å². The molecule has 1 saturated heterocycles. The van der Waals surface area contributed by atoms with E-state index in [4.69, 9.17) is 39.5 Å². The first-order valence-corrected chi connectivity index (χ1v) is 4.47. The molecule has 0 aromatic carbocycles. The van der Waals surface area contributed by atoms with E-state index < -0.39 is 72.5 Å². The molecule has 1 rings (SSSR count). The van der Waals surface area contributed by atoms with E-state index in [2.05, 4.69) is 9.47 Å². The van der Waals surface area contributed by atoms with Gasteiger partial charge in [0, 0.05) is 35.2 Å². The fourth-order valence-corrected chi connectivity index (χ4v) is 1.59. The third-order valence-electron chi connectivity index (χ3n) is 2.36. The summed E-state index contributed by atoms with van der Waals surface area (Å²) in [5, 5.41) is 0. The van der Waals surface area contributed by atoms with E-state index in [0.29, 0.717) is 0 Å². The summed E-state index contributed by atoms with van der Waals surface area (Å²) < 4.78 is 138. The molecule has 0 spiro atoms. The van der Waals surface area contributed by atoms with E-state index in [-0.39, 0.29) is 0 Å². The van der Waals surface area contributed by atoms with Crippen LogP contribution in [0.1, 0.15) is 20.6 Å². The quantitative estimate of drug-likeness (QED) is 0.676. The van der Waals surface area contributed by atoms with Gasteiger partial charge < -0.3 is 28.4 Å². The second kappa shape index (κ2) is 7.25. The van der Waals surface area contributed by atoms with Crippen molar-refractivity contribution in [3.8, 4) is 0 Å². The van der Waals surface area contributed by atoms with Crippen molar-refractivity contribution in [2.24, 2.45) is 0 Å². The van der Waals surface area contributed by atoms with Crippen LogP contribution in [-0.2, 0) is 28.4 Å². The van der Waals surface area contributed by atoms with Crippen molar-refractivity contribution >= 4 is 0 Å². The van der Waals surface area contributed by atoms with Gasteiger partial charge in [0.25, 0.3) is 0 Å². The lowest BCUT2D eigenvalue weighted by atomic mass is 9.98. The lowest BCUT2D eigenvalue weighted by Gasteiger charge is -2.44. The molecule has 0 aliphatic carbocycles. The molecule has 1 aliphatic heterocycles. The van der Waals surface area contributed by atoms with Crippen LogP contribution in [0.25, 0.3) is 0 Å². The normalized spacial score (nSPS) is 55.1. The predicted octanol–water partition coefficient (Wildman–Crippen LogP) is 0.0491. The molecule has 0 radical (unpaired) electrons. The maximum absolute atomic E-state index is 7.33. The maximum Gasteiger partial charge on any atom is 0.186 e. The van der Waals surface area contributed by atoms with Gasteiger partial charge in [0.15, 0.2) is 6.29 Å². The summed E-state index contributed by atoms with van der Waals surface area (Å²) in [6.45, 7) is -0.959. The van der Waals surface area contributed by atoms with Crippen LogP contribution in [0, 0.1) is 0 Å². The molecule has 6 nitrogen and oxygen atoms in total. The summed E-state index contributed by atoms with van der Waals surface area (Å²) in [6.07, 6.45) is -10.2. The average molecular weight is 265 g/mol. The lowest BCUT2D eigenvalue weighted by Crippen LogP contribution is -2.61. The lowest BCUT2D eigenvalue weighted by molar-refractivity contribution is -0.307. The van der Waals surface area contributed by atoms with Crippen LogP contribution in [0.5, 0.6) is 0 Å². The molecule has 1 fully saturated rings. The van der Waals surface area contributed by atoms with Crippen molar-refractivity contribution in [1.29, 1.82) is 0 Å². The van der Waals surface area contributed by atoms with Crippen molar-refractivity contribution in [3.05, 3.63) is 0 Å².